The molecule has 0 aliphatic heterocycles. The average molecular weight is 257 g/mol. The second kappa shape index (κ2) is 7.20. The van der Waals surface area contributed by atoms with Crippen LogP contribution in [0.4, 0.5) is 4.79 Å². The van der Waals surface area contributed by atoms with Crippen LogP contribution < -0.4 is 10.6 Å². The van der Waals surface area contributed by atoms with E-state index in [1.54, 1.807) is 0 Å². The van der Waals surface area contributed by atoms with E-state index in [2.05, 4.69) is 22.6 Å². The number of nitrogens with zero attached hydrogens (tertiary/aromatic N) is 1. The van der Waals surface area contributed by atoms with E-state index in [1.165, 1.54) is 32.6 Å². The highest BCUT2D eigenvalue weighted by atomic mass is 16.4. The number of carbonyl (C=O) groups is 2. The quantitative estimate of drug-likeness (QED) is 0.652. The fourth-order valence-corrected chi connectivity index (χ4v) is 2.18. The van der Waals surface area contributed by atoms with E-state index < -0.39 is 18.0 Å². The minimum absolute atomic E-state index is 0.426. The van der Waals surface area contributed by atoms with Crippen molar-refractivity contribution in [1.82, 2.24) is 15.5 Å². The molecule has 0 unspecified atom stereocenters. The van der Waals surface area contributed by atoms with E-state index >= 15 is 0 Å². The van der Waals surface area contributed by atoms with Crippen LogP contribution in [0.1, 0.15) is 32.6 Å². The number of likely N-dealkylation sites (N-methyl/N-ethyl adjacent to an activating group) is 1. The lowest BCUT2D eigenvalue weighted by Crippen LogP contribution is -2.46. The number of amides is 2. The SMILES string of the molecule is C[C@@H](NC(=O)NCCN(C)C1CCCC1)C(=O)O. The van der Waals surface area contributed by atoms with Gasteiger partial charge in [0.2, 0.25) is 0 Å². The molecule has 1 atom stereocenters. The van der Waals surface area contributed by atoms with Crippen LogP contribution in [0.15, 0.2) is 0 Å². The molecule has 104 valence electrons. The minimum atomic E-state index is -1.03. The third kappa shape index (κ3) is 4.91. The maximum atomic E-state index is 11.4. The summed E-state index contributed by atoms with van der Waals surface area (Å²) in [5.41, 5.74) is 0. The fraction of sp³-hybridized carbons (Fsp3) is 0.833. The van der Waals surface area contributed by atoms with Gasteiger partial charge >= 0.3 is 12.0 Å². The lowest BCUT2D eigenvalue weighted by Gasteiger charge is -2.24. The molecule has 0 saturated heterocycles. The summed E-state index contributed by atoms with van der Waals surface area (Å²) in [6, 6.07) is -0.657. The van der Waals surface area contributed by atoms with E-state index in [0.29, 0.717) is 12.6 Å². The van der Waals surface area contributed by atoms with Crippen LogP contribution in [-0.2, 0) is 4.79 Å². The summed E-state index contributed by atoms with van der Waals surface area (Å²) in [7, 11) is 2.06. The summed E-state index contributed by atoms with van der Waals surface area (Å²) in [6.07, 6.45) is 5.05. The fourth-order valence-electron chi connectivity index (χ4n) is 2.18. The maximum Gasteiger partial charge on any atom is 0.325 e. The van der Waals surface area contributed by atoms with Gasteiger partial charge in [-0.25, -0.2) is 4.79 Å². The Hall–Kier alpha value is -1.30. The standard InChI is InChI=1S/C12H23N3O3/c1-9(11(16)17)14-12(18)13-7-8-15(2)10-5-3-4-6-10/h9-10H,3-8H2,1-2H3,(H,16,17)(H2,13,14,18)/t9-/m1/s1. The Morgan fingerprint density at radius 1 is 1.39 bits per heavy atom. The van der Waals surface area contributed by atoms with Crippen molar-refractivity contribution in [3.8, 4) is 0 Å². The van der Waals surface area contributed by atoms with Crippen LogP contribution in [0.2, 0.25) is 0 Å². The zero-order valence-corrected chi connectivity index (χ0v) is 11.1. The smallest absolute Gasteiger partial charge is 0.325 e. The Morgan fingerprint density at radius 2 is 2.00 bits per heavy atom. The molecule has 1 rings (SSSR count). The molecule has 0 spiro atoms. The van der Waals surface area contributed by atoms with Crippen molar-refractivity contribution in [2.75, 3.05) is 20.1 Å². The van der Waals surface area contributed by atoms with Crippen molar-refractivity contribution < 1.29 is 14.7 Å². The summed E-state index contributed by atoms with van der Waals surface area (Å²) in [5.74, 6) is -1.03. The van der Waals surface area contributed by atoms with Gasteiger partial charge in [-0.15, -0.1) is 0 Å². The van der Waals surface area contributed by atoms with Crippen LogP contribution in [0.25, 0.3) is 0 Å². The average Bonchev–Trinajstić information content (AvgIpc) is 2.81. The zero-order valence-electron chi connectivity index (χ0n) is 11.1. The molecular weight excluding hydrogens is 234 g/mol. The second-order valence-corrected chi connectivity index (χ2v) is 4.88. The van der Waals surface area contributed by atoms with E-state index in [9.17, 15) is 9.59 Å². The molecule has 1 saturated carbocycles. The molecule has 18 heavy (non-hydrogen) atoms. The van der Waals surface area contributed by atoms with Gasteiger partial charge in [0.05, 0.1) is 0 Å². The number of hydrogen-bond donors (Lipinski definition) is 3. The first-order valence-electron chi connectivity index (χ1n) is 6.48. The zero-order chi connectivity index (χ0) is 13.5. The molecule has 0 aromatic rings. The van der Waals surface area contributed by atoms with Gasteiger partial charge in [0.1, 0.15) is 6.04 Å². The van der Waals surface area contributed by atoms with Crippen LogP contribution in [0, 0.1) is 0 Å². The van der Waals surface area contributed by atoms with Gasteiger partial charge in [-0.1, -0.05) is 12.8 Å². The molecule has 6 heteroatoms. The molecule has 0 bridgehead atoms. The summed E-state index contributed by atoms with van der Waals surface area (Å²) in [6.45, 7) is 2.76. The number of urea groups is 1. The molecule has 0 heterocycles. The van der Waals surface area contributed by atoms with Crippen LogP contribution in [0.5, 0.6) is 0 Å². The highest BCUT2D eigenvalue weighted by Crippen LogP contribution is 2.21. The Kier molecular flexibility index (Phi) is 5.91. The van der Waals surface area contributed by atoms with Crippen molar-refractivity contribution in [1.29, 1.82) is 0 Å². The Bertz CT molecular complexity index is 290. The summed E-state index contributed by atoms with van der Waals surface area (Å²) in [4.78, 5) is 24.2. The number of nitrogens with one attached hydrogen (secondary N) is 2. The lowest BCUT2D eigenvalue weighted by molar-refractivity contribution is -0.138. The third-order valence-electron chi connectivity index (χ3n) is 3.42. The van der Waals surface area contributed by atoms with Gasteiger partial charge < -0.3 is 20.6 Å². The number of carboxylic acids is 1. The Balaban J connectivity index is 2.13. The van der Waals surface area contributed by atoms with Gasteiger partial charge in [0, 0.05) is 19.1 Å². The summed E-state index contributed by atoms with van der Waals surface area (Å²) >= 11 is 0. The van der Waals surface area contributed by atoms with Crippen LogP contribution in [-0.4, -0.2) is 54.2 Å². The third-order valence-corrected chi connectivity index (χ3v) is 3.42. The van der Waals surface area contributed by atoms with Gasteiger partial charge in [-0.3, -0.25) is 4.79 Å². The maximum absolute atomic E-state index is 11.4. The van der Waals surface area contributed by atoms with Crippen molar-refractivity contribution >= 4 is 12.0 Å². The first-order valence-corrected chi connectivity index (χ1v) is 6.48. The number of aliphatic carboxylic acids is 1. The molecule has 1 aliphatic carbocycles. The van der Waals surface area contributed by atoms with E-state index in [0.717, 1.165) is 6.54 Å². The lowest BCUT2D eigenvalue weighted by atomic mass is 10.2. The van der Waals surface area contributed by atoms with Gasteiger partial charge in [-0.05, 0) is 26.8 Å². The van der Waals surface area contributed by atoms with E-state index in [4.69, 9.17) is 5.11 Å². The van der Waals surface area contributed by atoms with Crippen LogP contribution >= 0.6 is 0 Å². The molecule has 3 N–H and O–H groups in total. The van der Waals surface area contributed by atoms with Crippen molar-refractivity contribution in [3.63, 3.8) is 0 Å². The summed E-state index contributed by atoms with van der Waals surface area (Å²) in [5, 5.41) is 13.7. The topological polar surface area (TPSA) is 81.7 Å². The van der Waals surface area contributed by atoms with Crippen LogP contribution in [0.3, 0.4) is 0 Å². The summed E-state index contributed by atoms with van der Waals surface area (Å²) < 4.78 is 0. The molecule has 2 amide bonds. The number of carboxylic acid groups (broad SMARTS) is 1. The molecule has 0 radical (unpaired) electrons. The largest absolute Gasteiger partial charge is 0.480 e. The number of rotatable bonds is 6. The molecule has 0 aromatic heterocycles. The van der Waals surface area contributed by atoms with Gasteiger partial charge in [0.25, 0.3) is 0 Å². The van der Waals surface area contributed by atoms with Gasteiger partial charge in [0.15, 0.2) is 0 Å². The van der Waals surface area contributed by atoms with E-state index in [1.807, 2.05) is 0 Å². The number of hydrogen-bond acceptors (Lipinski definition) is 3. The molecule has 1 fully saturated rings. The number of carbonyl (C=O) groups excluding carboxylic acids is 1. The Labute approximate surface area is 108 Å². The predicted molar refractivity (Wildman–Crippen MR) is 68.5 cm³/mol. The first kappa shape index (κ1) is 14.8. The predicted octanol–water partition coefficient (Wildman–Crippen LogP) is 0.633. The van der Waals surface area contributed by atoms with Crippen molar-refractivity contribution in [2.45, 2.75) is 44.7 Å². The molecular formula is C12H23N3O3. The molecule has 0 aromatic carbocycles. The van der Waals surface area contributed by atoms with Gasteiger partial charge in [-0.2, -0.15) is 0 Å². The normalized spacial score (nSPS) is 17.7. The highest BCUT2D eigenvalue weighted by Gasteiger charge is 2.19. The van der Waals surface area contributed by atoms with E-state index in [-0.39, 0.29) is 0 Å². The molecule has 6 nitrogen and oxygen atoms in total. The van der Waals surface area contributed by atoms with Crippen molar-refractivity contribution in [3.05, 3.63) is 0 Å². The first-order chi connectivity index (χ1) is 8.50. The second-order valence-electron chi connectivity index (χ2n) is 4.88. The Morgan fingerprint density at radius 3 is 2.56 bits per heavy atom. The molecule has 1 aliphatic rings. The minimum Gasteiger partial charge on any atom is -0.480 e. The highest BCUT2D eigenvalue weighted by molar-refractivity contribution is 5.82. The van der Waals surface area contributed by atoms with Crippen molar-refractivity contribution in [2.24, 2.45) is 0 Å². The monoisotopic (exact) mass is 257 g/mol.